The summed E-state index contributed by atoms with van der Waals surface area (Å²) in [7, 11) is 0. The highest BCUT2D eigenvalue weighted by Gasteiger charge is 2.30. The number of aromatic nitrogens is 6. The Morgan fingerprint density at radius 2 is 0.640 bits per heavy atom. The van der Waals surface area contributed by atoms with Gasteiger partial charge in [-0.3, -0.25) is 9.97 Å². The first kappa shape index (κ1) is 41.4. The monoisotopic (exact) mass is 955 g/mol. The van der Waals surface area contributed by atoms with Crippen LogP contribution < -0.4 is 4.90 Å². The minimum atomic E-state index is 0.914. The zero-order valence-electron chi connectivity index (χ0n) is 40.3. The summed E-state index contributed by atoms with van der Waals surface area (Å²) >= 11 is 0. The van der Waals surface area contributed by atoms with E-state index in [4.69, 9.17) is 19.9 Å². The maximum Gasteiger partial charge on any atom is 0.0977 e. The molecule has 0 saturated carbocycles. The first-order valence-electron chi connectivity index (χ1n) is 25.4. The number of para-hydroxylation sites is 2. The van der Waals surface area contributed by atoms with Gasteiger partial charge in [-0.25, -0.2) is 9.97 Å². The third kappa shape index (κ3) is 6.22. The van der Waals surface area contributed by atoms with Crippen molar-refractivity contribution in [3.05, 3.63) is 249 Å². The Kier molecular flexibility index (Phi) is 8.90. The minimum Gasteiger partial charge on any atom is -0.310 e. The lowest BCUT2D eigenvalue weighted by Gasteiger charge is -2.26. The zero-order valence-corrected chi connectivity index (χ0v) is 40.3. The summed E-state index contributed by atoms with van der Waals surface area (Å²) in [4.78, 5) is 24.2. The molecule has 7 nitrogen and oxygen atoms in total. The smallest absolute Gasteiger partial charge is 0.0977 e. The topological polar surface area (TPSA) is 63.6 Å². The van der Waals surface area contributed by atoms with Crippen LogP contribution in [0.5, 0.6) is 0 Å². The number of rotatable bonds is 8. The van der Waals surface area contributed by atoms with Gasteiger partial charge in [-0.05, 0) is 72.3 Å². The lowest BCUT2D eigenvalue weighted by atomic mass is 9.97. The molecule has 0 fully saturated rings. The molecule has 0 N–H and O–H groups in total. The van der Waals surface area contributed by atoms with Crippen LogP contribution in [0.4, 0.5) is 17.1 Å². The summed E-state index contributed by atoms with van der Waals surface area (Å²) in [6.45, 7) is 0. The van der Waals surface area contributed by atoms with Crippen molar-refractivity contribution in [3.8, 4) is 56.2 Å². The Balaban J connectivity index is 1.11. The van der Waals surface area contributed by atoms with Gasteiger partial charge < -0.3 is 13.7 Å². The van der Waals surface area contributed by atoms with E-state index in [1.807, 2.05) is 0 Å². The number of hydrogen-bond acceptors (Lipinski definition) is 5. The van der Waals surface area contributed by atoms with Gasteiger partial charge in [0.15, 0.2) is 0 Å². The third-order valence-electron chi connectivity index (χ3n) is 15.2. The summed E-state index contributed by atoms with van der Waals surface area (Å²) in [6.07, 6.45) is 4.14. The molecular weight excluding hydrogens is 915 g/mol. The van der Waals surface area contributed by atoms with E-state index in [-0.39, 0.29) is 0 Å². The second-order valence-corrected chi connectivity index (χ2v) is 19.4. The molecule has 8 aromatic heterocycles. The molecule has 0 spiro atoms. The molecule has 8 aromatic carbocycles. The van der Waals surface area contributed by atoms with Crippen LogP contribution in [-0.2, 0) is 0 Å². The fraction of sp³-hybridized carbons (Fsp3) is 0. The Bertz CT molecular complexity index is 4560. The van der Waals surface area contributed by atoms with Crippen LogP contribution >= 0.6 is 0 Å². The highest BCUT2D eigenvalue weighted by molar-refractivity contribution is 6.32. The SMILES string of the molecule is c1ccc(-c2cc3c4cc(-c5ccccc5)nc5c6cc7c8nc(-c9ccccc9)cc9c%10cc(-c%11ccccc%11)ncc%10n(c7c(-c7cccc(N(c%10ccccc%10)c%10ccccc%10)c7)c6n(c3cn2)c45)c98)cc1. The molecule has 348 valence electrons. The van der Waals surface area contributed by atoms with Gasteiger partial charge in [-0.2, -0.15) is 0 Å². The van der Waals surface area contributed by atoms with Crippen molar-refractivity contribution in [1.82, 2.24) is 28.7 Å². The Morgan fingerprint density at radius 3 is 1.07 bits per heavy atom. The molecule has 16 aromatic rings. The molecule has 0 radical (unpaired) electrons. The van der Waals surface area contributed by atoms with Crippen molar-refractivity contribution in [2.45, 2.75) is 0 Å². The van der Waals surface area contributed by atoms with Gasteiger partial charge >= 0.3 is 0 Å². The molecule has 0 aliphatic heterocycles. The summed E-state index contributed by atoms with van der Waals surface area (Å²) in [6, 6.07) is 83.8. The van der Waals surface area contributed by atoms with E-state index in [0.717, 1.165) is 150 Å². The van der Waals surface area contributed by atoms with Gasteiger partial charge in [0.25, 0.3) is 0 Å². The highest BCUT2D eigenvalue weighted by Crippen LogP contribution is 2.51. The fourth-order valence-corrected chi connectivity index (χ4v) is 11.9. The number of benzene rings is 8. The molecule has 7 heteroatoms. The molecule has 0 aliphatic carbocycles. The lowest BCUT2D eigenvalue weighted by Crippen LogP contribution is -2.09. The van der Waals surface area contributed by atoms with E-state index in [1.165, 1.54) is 0 Å². The molecule has 16 rings (SSSR count). The van der Waals surface area contributed by atoms with Crippen LogP contribution in [0.1, 0.15) is 0 Å². The minimum absolute atomic E-state index is 0.914. The standard InChI is InChI=1S/C68H41N7/c1-7-20-42(21-8-1)56-36-50-52-38-58(44-24-11-3-12-25-44)71-63-54-35-55-64-68-53(39-59(72-64)45-26-13-4-14-27-45)51-37-57(43-22-9-2-10-23-43)70-41-61(51)75(68)66(55)62(65(54)74(67(52)63)60(50)40-69-56)46-28-19-33-49(34-46)73(47-29-15-5-16-30-47)48-31-17-6-18-32-48/h1-41H. The van der Waals surface area contributed by atoms with Crippen molar-refractivity contribution in [2.75, 3.05) is 4.90 Å². The highest BCUT2D eigenvalue weighted by atomic mass is 15.1. The molecule has 75 heavy (non-hydrogen) atoms. The maximum atomic E-state index is 5.70. The molecule has 0 aliphatic rings. The summed E-state index contributed by atoms with van der Waals surface area (Å²) < 4.78 is 4.90. The van der Waals surface area contributed by atoms with Crippen molar-refractivity contribution >= 4 is 93.5 Å². The van der Waals surface area contributed by atoms with Crippen LogP contribution in [0.2, 0.25) is 0 Å². The average Bonchev–Trinajstić information content (AvgIpc) is 4.39. The van der Waals surface area contributed by atoms with Crippen molar-refractivity contribution in [2.24, 2.45) is 0 Å². The second-order valence-electron chi connectivity index (χ2n) is 19.4. The van der Waals surface area contributed by atoms with E-state index in [9.17, 15) is 0 Å². The van der Waals surface area contributed by atoms with Gasteiger partial charge in [0.1, 0.15) is 0 Å². The Morgan fingerprint density at radius 1 is 0.280 bits per heavy atom. The van der Waals surface area contributed by atoms with Gasteiger partial charge in [-0.15, -0.1) is 0 Å². The average molecular weight is 956 g/mol. The van der Waals surface area contributed by atoms with Crippen molar-refractivity contribution < 1.29 is 0 Å². The number of hydrogen-bond donors (Lipinski definition) is 0. The van der Waals surface area contributed by atoms with Gasteiger partial charge in [-0.1, -0.05) is 170 Å². The molecular formula is C68H41N7. The fourth-order valence-electron chi connectivity index (χ4n) is 11.9. The lowest BCUT2D eigenvalue weighted by molar-refractivity contribution is 1.28. The summed E-state index contributed by atoms with van der Waals surface area (Å²) in [5, 5.41) is 6.58. The van der Waals surface area contributed by atoms with E-state index in [0.29, 0.717) is 0 Å². The van der Waals surface area contributed by atoms with Gasteiger partial charge in [0.05, 0.1) is 79.3 Å². The van der Waals surface area contributed by atoms with Crippen LogP contribution in [0, 0.1) is 0 Å². The van der Waals surface area contributed by atoms with Crippen LogP contribution in [0.15, 0.2) is 249 Å². The molecule has 0 atom stereocenters. The third-order valence-corrected chi connectivity index (χ3v) is 15.2. The van der Waals surface area contributed by atoms with Gasteiger partial charge in [0, 0.05) is 77.2 Å². The largest absolute Gasteiger partial charge is 0.310 e. The van der Waals surface area contributed by atoms with Gasteiger partial charge in [0.2, 0.25) is 0 Å². The number of fused-ring (bicyclic) bond motifs is 12. The Hall–Kier alpha value is -10.2. The van der Waals surface area contributed by atoms with E-state index in [1.54, 1.807) is 0 Å². The molecule has 0 unspecified atom stereocenters. The van der Waals surface area contributed by atoms with Crippen molar-refractivity contribution in [3.63, 3.8) is 0 Å². The number of anilines is 3. The number of pyridine rings is 4. The summed E-state index contributed by atoms with van der Waals surface area (Å²) in [5.41, 5.74) is 21.3. The Labute approximate surface area is 430 Å². The first-order valence-corrected chi connectivity index (χ1v) is 25.4. The maximum absolute atomic E-state index is 5.70. The molecule has 0 bridgehead atoms. The van der Waals surface area contributed by atoms with Crippen LogP contribution in [0.25, 0.3) is 133 Å². The van der Waals surface area contributed by atoms with Crippen LogP contribution in [0.3, 0.4) is 0 Å². The molecule has 0 saturated heterocycles. The normalized spacial score (nSPS) is 12.0. The van der Waals surface area contributed by atoms with E-state index < -0.39 is 0 Å². The zero-order chi connectivity index (χ0) is 49.1. The molecule has 0 amide bonds. The summed E-state index contributed by atoms with van der Waals surface area (Å²) in [5.74, 6) is 0. The quantitative estimate of drug-likeness (QED) is 0.152. The van der Waals surface area contributed by atoms with E-state index in [2.05, 4.69) is 263 Å². The number of nitrogens with zero attached hydrogens (tertiary/aromatic N) is 7. The van der Waals surface area contributed by atoms with E-state index >= 15 is 0 Å². The second kappa shape index (κ2) is 16.1. The predicted molar refractivity (Wildman–Crippen MR) is 309 cm³/mol. The predicted octanol–water partition coefficient (Wildman–Crippen LogP) is 17.4. The van der Waals surface area contributed by atoms with Crippen molar-refractivity contribution in [1.29, 1.82) is 0 Å². The van der Waals surface area contributed by atoms with Crippen LogP contribution in [-0.4, -0.2) is 28.7 Å². The first-order chi connectivity index (χ1) is 37.2. The molecule has 8 heterocycles.